The molecule has 0 saturated carbocycles. The summed E-state index contributed by atoms with van der Waals surface area (Å²) < 4.78 is 34.0. The van der Waals surface area contributed by atoms with E-state index in [4.69, 9.17) is 16.3 Å². The highest BCUT2D eigenvalue weighted by Gasteiger charge is 2.32. The highest BCUT2D eigenvalue weighted by molar-refractivity contribution is 7.92. The van der Waals surface area contributed by atoms with Crippen LogP contribution < -0.4 is 14.4 Å². The Morgan fingerprint density at radius 1 is 0.975 bits per heavy atom. The maximum Gasteiger partial charge on any atom is 0.264 e. The van der Waals surface area contributed by atoms with Gasteiger partial charge in [0.2, 0.25) is 11.8 Å². The van der Waals surface area contributed by atoms with Crippen LogP contribution >= 0.6 is 11.6 Å². The SMILES string of the molecule is COc1ccc(S(=O)(=O)N(CC(=O)N(Cc2cccc(Cl)c2)C(C)C(=O)NCC(C)C)c2ccc(C)cc2)cc1. The molecule has 0 bridgehead atoms. The Kier molecular flexibility index (Phi) is 10.6. The fraction of sp³-hybridized carbons (Fsp3) is 0.333. The fourth-order valence-electron chi connectivity index (χ4n) is 3.98. The lowest BCUT2D eigenvalue weighted by Crippen LogP contribution is -2.51. The Balaban J connectivity index is 2.01. The maximum atomic E-state index is 13.9. The van der Waals surface area contributed by atoms with Crippen molar-refractivity contribution in [2.24, 2.45) is 5.92 Å². The molecule has 0 aliphatic heterocycles. The highest BCUT2D eigenvalue weighted by Crippen LogP contribution is 2.26. The number of hydrogen-bond donors (Lipinski definition) is 1. The van der Waals surface area contributed by atoms with Crippen LogP contribution in [0.2, 0.25) is 5.02 Å². The van der Waals surface area contributed by atoms with Crippen LogP contribution in [0, 0.1) is 12.8 Å². The third-order valence-corrected chi connectivity index (χ3v) is 8.37. The van der Waals surface area contributed by atoms with Gasteiger partial charge in [0.15, 0.2) is 0 Å². The molecule has 3 rings (SSSR count). The van der Waals surface area contributed by atoms with Gasteiger partial charge in [0.05, 0.1) is 17.7 Å². The second-order valence-electron chi connectivity index (χ2n) is 9.99. The summed E-state index contributed by atoms with van der Waals surface area (Å²) in [6, 6.07) is 19.0. The molecule has 0 fully saturated rings. The summed E-state index contributed by atoms with van der Waals surface area (Å²) in [5.41, 5.74) is 1.98. The molecule has 10 heteroatoms. The Morgan fingerprint density at radius 3 is 2.20 bits per heavy atom. The monoisotopic (exact) mass is 585 g/mol. The molecule has 214 valence electrons. The number of ether oxygens (including phenoxy) is 1. The molecule has 1 N–H and O–H groups in total. The van der Waals surface area contributed by atoms with Crippen LogP contribution in [-0.4, -0.2) is 51.4 Å². The Hall–Kier alpha value is -3.56. The second-order valence-corrected chi connectivity index (χ2v) is 12.3. The minimum atomic E-state index is -4.16. The Labute approximate surface area is 241 Å². The van der Waals surface area contributed by atoms with E-state index in [2.05, 4.69) is 5.32 Å². The zero-order valence-corrected chi connectivity index (χ0v) is 25.0. The van der Waals surface area contributed by atoms with Crippen LogP contribution in [-0.2, 0) is 26.2 Å². The number of hydrogen-bond acceptors (Lipinski definition) is 5. The van der Waals surface area contributed by atoms with Crippen LogP contribution in [0.1, 0.15) is 31.9 Å². The smallest absolute Gasteiger partial charge is 0.264 e. The van der Waals surface area contributed by atoms with Gasteiger partial charge in [-0.25, -0.2) is 8.42 Å². The van der Waals surface area contributed by atoms with Crippen molar-refractivity contribution in [2.75, 3.05) is 24.5 Å². The number of methoxy groups -OCH3 is 1. The summed E-state index contributed by atoms with van der Waals surface area (Å²) in [4.78, 5) is 28.4. The normalized spacial score (nSPS) is 12.1. The van der Waals surface area contributed by atoms with Gasteiger partial charge in [-0.15, -0.1) is 0 Å². The predicted octanol–water partition coefficient (Wildman–Crippen LogP) is 5.04. The van der Waals surface area contributed by atoms with Crippen molar-refractivity contribution in [3.63, 3.8) is 0 Å². The molecular formula is C30H36ClN3O5S. The van der Waals surface area contributed by atoms with Gasteiger partial charge in [0, 0.05) is 18.1 Å². The summed E-state index contributed by atoms with van der Waals surface area (Å²) in [6.45, 7) is 7.48. The summed E-state index contributed by atoms with van der Waals surface area (Å²) in [5.74, 6) is -0.139. The zero-order chi connectivity index (χ0) is 29.4. The van der Waals surface area contributed by atoms with E-state index >= 15 is 0 Å². The molecule has 0 spiro atoms. The summed E-state index contributed by atoms with van der Waals surface area (Å²) in [7, 11) is -2.67. The summed E-state index contributed by atoms with van der Waals surface area (Å²) in [5, 5.41) is 3.36. The third-order valence-electron chi connectivity index (χ3n) is 6.34. The Bertz CT molecular complexity index is 1410. The second kappa shape index (κ2) is 13.7. The summed E-state index contributed by atoms with van der Waals surface area (Å²) >= 11 is 6.18. The van der Waals surface area contributed by atoms with Crippen molar-refractivity contribution in [1.29, 1.82) is 0 Å². The third kappa shape index (κ3) is 7.99. The maximum absolute atomic E-state index is 13.9. The number of nitrogens with one attached hydrogen (secondary N) is 1. The average Bonchev–Trinajstić information content (AvgIpc) is 2.93. The van der Waals surface area contributed by atoms with Gasteiger partial charge >= 0.3 is 0 Å². The number of amides is 2. The Morgan fingerprint density at radius 2 is 1.62 bits per heavy atom. The molecule has 1 unspecified atom stereocenters. The molecule has 2 amide bonds. The van der Waals surface area contributed by atoms with Crippen LogP contribution in [0.4, 0.5) is 5.69 Å². The minimum Gasteiger partial charge on any atom is -0.497 e. The lowest BCUT2D eigenvalue weighted by atomic mass is 10.1. The number of benzene rings is 3. The van der Waals surface area contributed by atoms with E-state index in [1.165, 1.54) is 24.1 Å². The fourth-order valence-corrected chi connectivity index (χ4v) is 5.61. The van der Waals surface area contributed by atoms with E-state index in [9.17, 15) is 18.0 Å². The van der Waals surface area contributed by atoms with Gasteiger partial charge in [0.1, 0.15) is 18.3 Å². The van der Waals surface area contributed by atoms with Gasteiger partial charge in [-0.2, -0.15) is 0 Å². The van der Waals surface area contributed by atoms with Gasteiger partial charge in [-0.3, -0.25) is 13.9 Å². The predicted molar refractivity (Wildman–Crippen MR) is 158 cm³/mol. The summed E-state index contributed by atoms with van der Waals surface area (Å²) in [6.07, 6.45) is 0. The molecule has 8 nitrogen and oxygen atoms in total. The van der Waals surface area contributed by atoms with E-state index in [0.29, 0.717) is 28.6 Å². The number of halogens is 1. The quantitative estimate of drug-likeness (QED) is 0.321. The van der Waals surface area contributed by atoms with Gasteiger partial charge in [-0.05, 0) is 73.9 Å². The first-order valence-electron chi connectivity index (χ1n) is 13.0. The number of rotatable bonds is 12. The molecule has 40 heavy (non-hydrogen) atoms. The van der Waals surface area contributed by atoms with E-state index in [1.54, 1.807) is 67.6 Å². The molecule has 3 aromatic rings. The van der Waals surface area contributed by atoms with Crippen molar-refractivity contribution >= 4 is 39.1 Å². The van der Waals surface area contributed by atoms with Crippen LogP contribution in [0.15, 0.2) is 77.7 Å². The molecule has 0 heterocycles. The molecule has 0 saturated heterocycles. The average molecular weight is 586 g/mol. The van der Waals surface area contributed by atoms with E-state index in [1.807, 2.05) is 20.8 Å². The molecule has 0 aliphatic rings. The lowest BCUT2D eigenvalue weighted by molar-refractivity contribution is -0.139. The largest absolute Gasteiger partial charge is 0.497 e. The first kappa shape index (κ1) is 31.0. The van der Waals surface area contributed by atoms with Crippen molar-refractivity contribution in [3.8, 4) is 5.75 Å². The highest BCUT2D eigenvalue weighted by atomic mass is 35.5. The number of anilines is 1. The van der Waals surface area contributed by atoms with E-state index in [-0.39, 0.29) is 23.3 Å². The first-order chi connectivity index (χ1) is 18.9. The van der Waals surface area contributed by atoms with Crippen LogP contribution in [0.3, 0.4) is 0 Å². The van der Waals surface area contributed by atoms with Crippen molar-refractivity contribution in [1.82, 2.24) is 10.2 Å². The molecular weight excluding hydrogens is 550 g/mol. The minimum absolute atomic E-state index is 0.00536. The number of aryl methyl sites for hydroxylation is 1. The zero-order valence-electron chi connectivity index (χ0n) is 23.4. The standard InChI is InChI=1S/C30H36ClN3O5S/c1-21(2)18-32-30(36)23(4)33(19-24-7-6-8-25(31)17-24)29(35)20-34(26-11-9-22(3)10-12-26)40(37,38)28-15-13-27(39-5)14-16-28/h6-17,21,23H,18-20H2,1-5H3,(H,32,36). The number of sulfonamides is 1. The van der Waals surface area contributed by atoms with Gasteiger partial charge < -0.3 is 15.0 Å². The number of carbonyl (C=O) groups is 2. The topological polar surface area (TPSA) is 96.0 Å². The van der Waals surface area contributed by atoms with E-state index < -0.39 is 28.5 Å². The number of carbonyl (C=O) groups excluding carboxylic acids is 2. The van der Waals surface area contributed by atoms with Crippen LogP contribution in [0.5, 0.6) is 5.75 Å². The molecule has 0 radical (unpaired) electrons. The van der Waals surface area contributed by atoms with E-state index in [0.717, 1.165) is 9.87 Å². The number of nitrogens with zero attached hydrogens (tertiary/aromatic N) is 2. The lowest BCUT2D eigenvalue weighted by Gasteiger charge is -2.32. The molecule has 1 atom stereocenters. The molecule has 0 aliphatic carbocycles. The van der Waals surface area contributed by atoms with Gasteiger partial charge in [-0.1, -0.05) is 55.3 Å². The van der Waals surface area contributed by atoms with Crippen molar-refractivity contribution < 1.29 is 22.7 Å². The van der Waals surface area contributed by atoms with Crippen molar-refractivity contribution in [3.05, 3.63) is 88.9 Å². The van der Waals surface area contributed by atoms with Crippen LogP contribution in [0.25, 0.3) is 0 Å². The first-order valence-corrected chi connectivity index (χ1v) is 14.8. The van der Waals surface area contributed by atoms with Crippen molar-refractivity contribution in [2.45, 2.75) is 45.2 Å². The molecule has 3 aromatic carbocycles. The molecule has 0 aromatic heterocycles. The van der Waals surface area contributed by atoms with Gasteiger partial charge in [0.25, 0.3) is 10.0 Å².